The third kappa shape index (κ3) is 2.15. The van der Waals surface area contributed by atoms with Gasteiger partial charge in [0.2, 0.25) is 0 Å². The molecule has 0 aliphatic heterocycles. The van der Waals surface area contributed by atoms with Crippen molar-refractivity contribution in [3.05, 3.63) is 0 Å². The fourth-order valence-electron chi connectivity index (χ4n) is 5.09. The monoisotopic (exact) mass is 264 g/mol. The first kappa shape index (κ1) is 13.3. The van der Waals surface area contributed by atoms with E-state index in [2.05, 4.69) is 31.4 Å². The lowest BCUT2D eigenvalue weighted by molar-refractivity contribution is 0.113. The van der Waals surface area contributed by atoms with Gasteiger partial charge in [-0.3, -0.25) is 0 Å². The van der Waals surface area contributed by atoms with Crippen LogP contribution in [-0.4, -0.2) is 18.1 Å². The Balaban J connectivity index is 1.63. The zero-order valence-corrected chi connectivity index (χ0v) is 12.6. The van der Waals surface area contributed by atoms with E-state index in [9.17, 15) is 4.79 Å². The molecular weight excluding hydrogens is 236 g/mol. The van der Waals surface area contributed by atoms with Gasteiger partial charge in [-0.25, -0.2) is 4.79 Å². The summed E-state index contributed by atoms with van der Waals surface area (Å²) in [5, 5.41) is 6.49. The van der Waals surface area contributed by atoms with E-state index in [1.54, 1.807) is 0 Å². The molecule has 3 heteroatoms. The van der Waals surface area contributed by atoms with Crippen LogP contribution in [0.4, 0.5) is 4.79 Å². The molecule has 3 saturated carbocycles. The lowest BCUT2D eigenvalue weighted by atomic mass is 9.68. The van der Waals surface area contributed by atoms with Gasteiger partial charge in [-0.1, -0.05) is 33.6 Å². The summed E-state index contributed by atoms with van der Waals surface area (Å²) in [5.41, 5.74) is 0.571. The maximum absolute atomic E-state index is 12.2. The number of fused-ring (bicyclic) bond motifs is 2. The molecule has 3 aliphatic rings. The fraction of sp³-hybridized carbons (Fsp3) is 0.938. The van der Waals surface area contributed by atoms with Crippen molar-refractivity contribution < 1.29 is 4.79 Å². The van der Waals surface area contributed by atoms with E-state index in [4.69, 9.17) is 0 Å². The normalized spacial score (nSPS) is 40.6. The molecule has 19 heavy (non-hydrogen) atoms. The van der Waals surface area contributed by atoms with Crippen molar-refractivity contribution in [3.8, 4) is 0 Å². The molecular formula is C16H28N2O. The van der Waals surface area contributed by atoms with Crippen LogP contribution in [0.3, 0.4) is 0 Å². The van der Waals surface area contributed by atoms with Crippen molar-refractivity contribution in [2.24, 2.45) is 16.7 Å². The Morgan fingerprint density at radius 2 is 1.74 bits per heavy atom. The van der Waals surface area contributed by atoms with Gasteiger partial charge in [0.05, 0.1) is 0 Å². The van der Waals surface area contributed by atoms with E-state index < -0.39 is 0 Å². The van der Waals surface area contributed by atoms with Crippen LogP contribution < -0.4 is 10.6 Å². The minimum Gasteiger partial charge on any atom is -0.335 e. The molecule has 2 amide bonds. The number of nitrogens with one attached hydrogen (secondary N) is 2. The lowest BCUT2D eigenvalue weighted by Gasteiger charge is -2.43. The molecule has 3 nitrogen and oxygen atoms in total. The third-order valence-corrected chi connectivity index (χ3v) is 6.24. The van der Waals surface area contributed by atoms with Crippen LogP contribution in [0.5, 0.6) is 0 Å². The zero-order chi connectivity index (χ0) is 13.7. The average Bonchev–Trinajstić information content (AvgIpc) is 2.98. The van der Waals surface area contributed by atoms with Gasteiger partial charge in [-0.05, 0) is 48.9 Å². The van der Waals surface area contributed by atoms with Gasteiger partial charge in [0, 0.05) is 12.1 Å². The van der Waals surface area contributed by atoms with Crippen LogP contribution in [0, 0.1) is 16.7 Å². The fourth-order valence-corrected chi connectivity index (χ4v) is 5.09. The third-order valence-electron chi connectivity index (χ3n) is 6.24. The summed E-state index contributed by atoms with van der Waals surface area (Å²) in [7, 11) is 0. The van der Waals surface area contributed by atoms with Crippen molar-refractivity contribution in [3.63, 3.8) is 0 Å². The second-order valence-electron chi connectivity index (χ2n) is 7.95. The molecule has 2 N–H and O–H groups in total. The van der Waals surface area contributed by atoms with Gasteiger partial charge in [0.15, 0.2) is 0 Å². The minimum atomic E-state index is 0.0683. The van der Waals surface area contributed by atoms with Gasteiger partial charge >= 0.3 is 6.03 Å². The molecule has 0 radical (unpaired) electrons. The Bertz CT molecular complexity index is 368. The van der Waals surface area contributed by atoms with Gasteiger partial charge in [-0.2, -0.15) is 0 Å². The van der Waals surface area contributed by atoms with Gasteiger partial charge in [0.25, 0.3) is 0 Å². The number of urea groups is 1. The van der Waals surface area contributed by atoms with E-state index in [1.807, 2.05) is 0 Å². The van der Waals surface area contributed by atoms with Gasteiger partial charge < -0.3 is 10.6 Å². The van der Waals surface area contributed by atoms with E-state index in [0.717, 1.165) is 18.8 Å². The van der Waals surface area contributed by atoms with Crippen molar-refractivity contribution in [1.82, 2.24) is 10.6 Å². The largest absolute Gasteiger partial charge is 0.335 e. The first-order valence-electron chi connectivity index (χ1n) is 7.99. The van der Waals surface area contributed by atoms with Gasteiger partial charge in [0.1, 0.15) is 0 Å². The van der Waals surface area contributed by atoms with Crippen molar-refractivity contribution in [2.75, 3.05) is 0 Å². The Morgan fingerprint density at radius 1 is 1.05 bits per heavy atom. The molecule has 2 bridgehead atoms. The first-order valence-corrected chi connectivity index (χ1v) is 7.99. The molecule has 3 atom stereocenters. The summed E-state index contributed by atoms with van der Waals surface area (Å²) < 4.78 is 0. The molecule has 3 aliphatic carbocycles. The molecule has 0 aromatic carbocycles. The number of hydrogen-bond acceptors (Lipinski definition) is 1. The van der Waals surface area contributed by atoms with Crippen LogP contribution >= 0.6 is 0 Å². The predicted octanol–water partition coefficient (Wildman–Crippen LogP) is 3.44. The number of amides is 2. The smallest absolute Gasteiger partial charge is 0.315 e. The quantitative estimate of drug-likeness (QED) is 0.788. The van der Waals surface area contributed by atoms with E-state index >= 15 is 0 Å². The van der Waals surface area contributed by atoms with Crippen LogP contribution in [0.1, 0.15) is 65.7 Å². The number of rotatable bonds is 2. The average molecular weight is 264 g/mol. The number of carbonyl (C=O) groups is 1. The zero-order valence-electron chi connectivity index (χ0n) is 12.6. The van der Waals surface area contributed by atoms with Crippen molar-refractivity contribution >= 4 is 6.03 Å². The predicted molar refractivity (Wildman–Crippen MR) is 76.9 cm³/mol. The summed E-state index contributed by atoms with van der Waals surface area (Å²) >= 11 is 0. The highest BCUT2D eigenvalue weighted by Crippen LogP contribution is 2.62. The summed E-state index contributed by atoms with van der Waals surface area (Å²) in [5.74, 6) is 0.786. The number of hydrogen-bond donors (Lipinski definition) is 2. The Hall–Kier alpha value is -0.730. The molecule has 0 spiro atoms. The molecule has 3 unspecified atom stereocenters. The standard InChI is InChI=1S/C16H28N2O/c1-15(2)11-8-9-16(3,10-11)13(15)18-14(19)17-12-6-4-5-7-12/h11-13H,4-10H2,1-3H3,(H2,17,18,19). The summed E-state index contributed by atoms with van der Waals surface area (Å²) in [6.07, 6.45) is 8.73. The summed E-state index contributed by atoms with van der Waals surface area (Å²) in [6.45, 7) is 7.04. The maximum Gasteiger partial charge on any atom is 0.315 e. The summed E-state index contributed by atoms with van der Waals surface area (Å²) in [4.78, 5) is 12.2. The topological polar surface area (TPSA) is 41.1 Å². The van der Waals surface area contributed by atoms with Crippen LogP contribution in [0.15, 0.2) is 0 Å². The molecule has 0 saturated heterocycles. The summed E-state index contributed by atoms with van der Waals surface area (Å²) in [6, 6.07) is 0.813. The molecule has 3 rings (SSSR count). The minimum absolute atomic E-state index is 0.0683. The maximum atomic E-state index is 12.2. The second-order valence-corrected chi connectivity index (χ2v) is 7.95. The SMILES string of the molecule is CC12CCC(C1)C(C)(C)C2NC(=O)NC1CCCC1. The molecule has 108 valence electrons. The van der Waals surface area contributed by atoms with E-state index in [0.29, 0.717) is 17.5 Å². The van der Waals surface area contributed by atoms with Crippen LogP contribution in [0.25, 0.3) is 0 Å². The van der Waals surface area contributed by atoms with Crippen molar-refractivity contribution in [2.45, 2.75) is 77.8 Å². The highest BCUT2D eigenvalue weighted by atomic mass is 16.2. The Kier molecular flexibility index (Phi) is 3.06. The van der Waals surface area contributed by atoms with Crippen molar-refractivity contribution in [1.29, 1.82) is 0 Å². The first-order chi connectivity index (χ1) is 8.92. The highest BCUT2D eigenvalue weighted by molar-refractivity contribution is 5.75. The molecule has 0 aromatic heterocycles. The van der Waals surface area contributed by atoms with E-state index in [-0.39, 0.29) is 11.4 Å². The highest BCUT2D eigenvalue weighted by Gasteiger charge is 2.59. The van der Waals surface area contributed by atoms with Crippen LogP contribution in [0.2, 0.25) is 0 Å². The molecule has 0 aromatic rings. The Morgan fingerprint density at radius 3 is 2.32 bits per heavy atom. The molecule has 0 heterocycles. The van der Waals surface area contributed by atoms with E-state index in [1.165, 1.54) is 32.1 Å². The van der Waals surface area contributed by atoms with Gasteiger partial charge in [-0.15, -0.1) is 0 Å². The molecule has 3 fully saturated rings. The number of carbonyl (C=O) groups excluding carboxylic acids is 1. The van der Waals surface area contributed by atoms with Crippen LogP contribution in [-0.2, 0) is 0 Å². The Labute approximate surface area is 116 Å². The lowest BCUT2D eigenvalue weighted by Crippen LogP contribution is -2.55. The second kappa shape index (κ2) is 4.39.